The highest BCUT2D eigenvalue weighted by atomic mass is 16.4. The second-order valence-corrected chi connectivity index (χ2v) is 8.24. The summed E-state index contributed by atoms with van der Waals surface area (Å²) >= 11 is 0. The first-order valence-electron chi connectivity index (χ1n) is 10.00. The first-order valence-corrected chi connectivity index (χ1v) is 10.00. The molecule has 10 heteroatoms. The number of nitrogens with zero attached hydrogens (tertiary/aromatic N) is 1. The summed E-state index contributed by atoms with van der Waals surface area (Å²) in [5.74, 6) is -2.98. The van der Waals surface area contributed by atoms with Crippen LogP contribution >= 0.6 is 0 Å². The van der Waals surface area contributed by atoms with Crippen LogP contribution in [0.25, 0.3) is 0 Å². The normalized spacial score (nSPS) is 19.7. The summed E-state index contributed by atoms with van der Waals surface area (Å²) in [6, 6.07) is -3.94. The minimum absolute atomic E-state index is 0.189. The van der Waals surface area contributed by atoms with E-state index in [1.807, 2.05) is 13.8 Å². The zero-order chi connectivity index (χ0) is 22.3. The fourth-order valence-electron chi connectivity index (χ4n) is 3.35. The molecule has 1 aliphatic heterocycles. The van der Waals surface area contributed by atoms with Gasteiger partial charge >= 0.3 is 5.97 Å². The number of nitrogens with two attached hydrogens (primary N) is 1. The molecule has 1 heterocycles. The van der Waals surface area contributed by atoms with Gasteiger partial charge in [0.25, 0.3) is 0 Å². The fourth-order valence-corrected chi connectivity index (χ4v) is 3.35. The molecule has 0 radical (unpaired) electrons. The number of carbonyl (C=O) groups excluding carboxylic acids is 3. The second kappa shape index (κ2) is 11.1. The number of carbonyl (C=O) groups is 4. The summed E-state index contributed by atoms with van der Waals surface area (Å²) in [5, 5.41) is 23.8. The van der Waals surface area contributed by atoms with E-state index in [1.165, 1.54) is 4.90 Å². The lowest BCUT2D eigenvalue weighted by molar-refractivity contribution is -0.146. The Balaban J connectivity index is 2.83. The number of likely N-dealkylation sites (tertiary alicyclic amines) is 1. The van der Waals surface area contributed by atoms with E-state index < -0.39 is 54.5 Å². The van der Waals surface area contributed by atoms with E-state index in [4.69, 9.17) is 5.73 Å². The first-order chi connectivity index (χ1) is 13.5. The minimum Gasteiger partial charge on any atom is -0.480 e. The molecule has 3 amide bonds. The number of aliphatic hydroxyl groups is 1. The molecule has 0 aromatic carbocycles. The number of nitrogens with one attached hydrogen (secondary N) is 2. The smallest absolute Gasteiger partial charge is 0.326 e. The maximum Gasteiger partial charge on any atom is 0.326 e. The van der Waals surface area contributed by atoms with E-state index in [2.05, 4.69) is 10.6 Å². The van der Waals surface area contributed by atoms with Crippen molar-refractivity contribution in [1.82, 2.24) is 15.5 Å². The molecule has 4 unspecified atom stereocenters. The molecule has 1 rings (SSSR count). The monoisotopic (exact) mass is 414 g/mol. The zero-order valence-electron chi connectivity index (χ0n) is 17.6. The average Bonchev–Trinajstić information content (AvgIpc) is 3.11. The Morgan fingerprint density at radius 3 is 2.24 bits per heavy atom. The summed E-state index contributed by atoms with van der Waals surface area (Å²) in [6.07, 6.45) is 1.36. The third-order valence-corrected chi connectivity index (χ3v) is 4.93. The van der Waals surface area contributed by atoms with Crippen molar-refractivity contribution in [2.45, 2.75) is 71.1 Å². The molecule has 0 aromatic heterocycles. The molecule has 29 heavy (non-hydrogen) atoms. The van der Waals surface area contributed by atoms with Crippen molar-refractivity contribution >= 4 is 23.7 Å². The van der Waals surface area contributed by atoms with Crippen molar-refractivity contribution in [2.75, 3.05) is 13.2 Å². The van der Waals surface area contributed by atoms with E-state index in [0.29, 0.717) is 19.3 Å². The predicted molar refractivity (Wildman–Crippen MR) is 106 cm³/mol. The SMILES string of the molecule is CC(C)CC(N)C(=O)NC(CO)C(=O)N1CCCC1C(=O)NC(C(=O)O)C(C)C. The van der Waals surface area contributed by atoms with E-state index in [0.717, 1.165) is 0 Å². The fraction of sp³-hybridized carbons (Fsp3) is 0.789. The van der Waals surface area contributed by atoms with Gasteiger partial charge in [0.15, 0.2) is 0 Å². The number of amides is 3. The van der Waals surface area contributed by atoms with Crippen molar-refractivity contribution < 1.29 is 29.4 Å². The number of carboxylic acids is 1. The molecule has 1 aliphatic rings. The highest BCUT2D eigenvalue weighted by Crippen LogP contribution is 2.19. The van der Waals surface area contributed by atoms with Gasteiger partial charge in [-0.3, -0.25) is 14.4 Å². The third kappa shape index (κ3) is 6.97. The Kier molecular flexibility index (Phi) is 9.51. The van der Waals surface area contributed by atoms with Crippen LogP contribution < -0.4 is 16.4 Å². The van der Waals surface area contributed by atoms with Crippen molar-refractivity contribution in [1.29, 1.82) is 0 Å². The van der Waals surface area contributed by atoms with Crippen LogP contribution in [0.15, 0.2) is 0 Å². The molecule has 166 valence electrons. The van der Waals surface area contributed by atoms with Gasteiger partial charge in [-0.2, -0.15) is 0 Å². The van der Waals surface area contributed by atoms with Gasteiger partial charge in [-0.25, -0.2) is 4.79 Å². The number of aliphatic hydroxyl groups excluding tert-OH is 1. The molecule has 0 bridgehead atoms. The number of aliphatic carboxylic acids is 1. The molecule has 0 aliphatic carbocycles. The van der Waals surface area contributed by atoms with E-state index in [9.17, 15) is 29.4 Å². The molecule has 0 aromatic rings. The van der Waals surface area contributed by atoms with Gasteiger partial charge in [0.05, 0.1) is 12.6 Å². The molecular weight excluding hydrogens is 380 g/mol. The molecule has 10 nitrogen and oxygen atoms in total. The summed E-state index contributed by atoms with van der Waals surface area (Å²) < 4.78 is 0. The van der Waals surface area contributed by atoms with Gasteiger partial charge in [-0.1, -0.05) is 27.7 Å². The highest BCUT2D eigenvalue weighted by Gasteiger charge is 2.39. The Bertz CT molecular complexity index is 610. The Morgan fingerprint density at radius 1 is 1.14 bits per heavy atom. The van der Waals surface area contributed by atoms with Crippen molar-refractivity contribution in [3.05, 3.63) is 0 Å². The van der Waals surface area contributed by atoms with Crippen molar-refractivity contribution in [2.24, 2.45) is 17.6 Å². The van der Waals surface area contributed by atoms with E-state index in [-0.39, 0.29) is 18.4 Å². The maximum absolute atomic E-state index is 12.8. The van der Waals surface area contributed by atoms with Crippen LogP contribution in [-0.4, -0.2) is 76.1 Å². The lowest BCUT2D eigenvalue weighted by atomic mass is 10.0. The minimum atomic E-state index is -1.21. The van der Waals surface area contributed by atoms with Crippen LogP contribution in [0.2, 0.25) is 0 Å². The molecule has 4 atom stereocenters. The summed E-state index contributed by atoms with van der Waals surface area (Å²) in [5.41, 5.74) is 5.82. The van der Waals surface area contributed by atoms with Crippen LogP contribution in [0.5, 0.6) is 0 Å². The number of hydrogen-bond acceptors (Lipinski definition) is 6. The molecule has 0 saturated carbocycles. The quantitative estimate of drug-likeness (QED) is 0.308. The molecule has 1 fully saturated rings. The Labute approximate surface area is 171 Å². The van der Waals surface area contributed by atoms with Crippen LogP contribution in [-0.2, 0) is 19.2 Å². The van der Waals surface area contributed by atoms with Gasteiger partial charge in [0.1, 0.15) is 18.1 Å². The van der Waals surface area contributed by atoms with Crippen LogP contribution in [0, 0.1) is 11.8 Å². The van der Waals surface area contributed by atoms with E-state index >= 15 is 0 Å². The lowest BCUT2D eigenvalue weighted by Gasteiger charge is -2.29. The zero-order valence-corrected chi connectivity index (χ0v) is 17.6. The number of carboxylic acid groups (broad SMARTS) is 1. The summed E-state index contributed by atoms with van der Waals surface area (Å²) in [4.78, 5) is 50.3. The van der Waals surface area contributed by atoms with Crippen LogP contribution in [0.3, 0.4) is 0 Å². The molecule has 0 spiro atoms. The predicted octanol–water partition coefficient (Wildman–Crippen LogP) is -0.947. The lowest BCUT2D eigenvalue weighted by Crippen LogP contribution is -2.58. The van der Waals surface area contributed by atoms with Gasteiger partial charge < -0.3 is 31.5 Å². The van der Waals surface area contributed by atoms with Gasteiger partial charge in [-0.05, 0) is 31.1 Å². The Morgan fingerprint density at radius 2 is 1.76 bits per heavy atom. The Hall–Kier alpha value is -2.20. The average molecular weight is 415 g/mol. The second-order valence-electron chi connectivity index (χ2n) is 8.24. The molecular formula is C19H34N4O6. The largest absolute Gasteiger partial charge is 0.480 e. The maximum atomic E-state index is 12.8. The van der Waals surface area contributed by atoms with Gasteiger partial charge in [0.2, 0.25) is 17.7 Å². The highest BCUT2D eigenvalue weighted by molar-refractivity contribution is 5.94. The van der Waals surface area contributed by atoms with E-state index in [1.54, 1.807) is 13.8 Å². The van der Waals surface area contributed by atoms with Crippen molar-refractivity contribution in [3.8, 4) is 0 Å². The van der Waals surface area contributed by atoms with Crippen LogP contribution in [0.4, 0.5) is 0 Å². The first kappa shape index (κ1) is 24.8. The number of rotatable bonds is 10. The summed E-state index contributed by atoms with van der Waals surface area (Å²) in [6.45, 7) is 6.82. The topological polar surface area (TPSA) is 162 Å². The van der Waals surface area contributed by atoms with Crippen molar-refractivity contribution in [3.63, 3.8) is 0 Å². The van der Waals surface area contributed by atoms with Crippen LogP contribution in [0.1, 0.15) is 47.0 Å². The van der Waals surface area contributed by atoms with Gasteiger partial charge in [-0.15, -0.1) is 0 Å². The number of hydrogen-bond donors (Lipinski definition) is 5. The summed E-state index contributed by atoms with van der Waals surface area (Å²) in [7, 11) is 0. The molecule has 1 saturated heterocycles. The standard InChI is InChI=1S/C19H34N4O6/c1-10(2)8-12(20)16(25)21-13(9-24)18(27)23-7-5-6-14(23)17(26)22-15(11(3)4)19(28)29/h10-15,24H,5-9,20H2,1-4H3,(H,21,25)(H,22,26)(H,28,29). The van der Waals surface area contributed by atoms with Gasteiger partial charge in [0, 0.05) is 6.54 Å². The molecule has 6 N–H and O–H groups in total. The third-order valence-electron chi connectivity index (χ3n) is 4.93.